The number of thioether (sulfide) groups is 1. The fraction of sp³-hybridized carbons (Fsp3) is 0.467. The van der Waals surface area contributed by atoms with Crippen molar-refractivity contribution in [3.8, 4) is 11.5 Å². The van der Waals surface area contributed by atoms with Crippen LogP contribution in [0.25, 0.3) is 0 Å². The minimum Gasteiger partial charge on any atom is -0.502 e. The fourth-order valence-electron chi connectivity index (χ4n) is 2.03. The Kier molecular flexibility index (Phi) is 6.08. The monoisotopic (exact) mass is 295 g/mol. The maximum Gasteiger partial charge on any atom is 0.162 e. The molecule has 1 aromatic rings. The number of nitrogens with one attached hydrogen (secondary N) is 1. The lowest BCUT2D eigenvalue weighted by Crippen LogP contribution is -2.18. The fourth-order valence-corrected chi connectivity index (χ4v) is 2.65. The van der Waals surface area contributed by atoms with Gasteiger partial charge in [-0.3, -0.25) is 0 Å². The van der Waals surface area contributed by atoms with Crippen LogP contribution < -0.4 is 14.8 Å². The lowest BCUT2D eigenvalue weighted by Gasteiger charge is -2.21. The first-order valence-corrected chi connectivity index (χ1v) is 7.97. The predicted molar refractivity (Wildman–Crippen MR) is 81.7 cm³/mol. The van der Waals surface area contributed by atoms with Gasteiger partial charge in [-0.25, -0.2) is 0 Å². The molecule has 0 bridgehead atoms. The van der Waals surface area contributed by atoms with Crippen molar-refractivity contribution in [2.75, 3.05) is 32.6 Å². The lowest BCUT2D eigenvalue weighted by atomic mass is 10.2. The van der Waals surface area contributed by atoms with E-state index in [9.17, 15) is 0 Å². The van der Waals surface area contributed by atoms with Gasteiger partial charge in [-0.15, -0.1) is 11.8 Å². The Balaban J connectivity index is 1.91. The van der Waals surface area contributed by atoms with Crippen molar-refractivity contribution in [1.29, 1.82) is 0 Å². The summed E-state index contributed by atoms with van der Waals surface area (Å²) in [5.74, 6) is 1.70. The number of hydrogen-bond donors (Lipinski definition) is 1. The van der Waals surface area contributed by atoms with Crippen LogP contribution in [0.5, 0.6) is 11.5 Å². The molecule has 1 aliphatic heterocycles. The van der Waals surface area contributed by atoms with Crippen molar-refractivity contribution in [1.82, 2.24) is 5.32 Å². The topological polar surface area (TPSA) is 39.7 Å². The molecule has 0 atom stereocenters. The highest BCUT2D eigenvalue weighted by Crippen LogP contribution is 2.36. The quantitative estimate of drug-likeness (QED) is 0.454. The van der Waals surface area contributed by atoms with E-state index in [1.165, 1.54) is 16.7 Å². The summed E-state index contributed by atoms with van der Waals surface area (Å²) in [7, 11) is 0. The zero-order chi connectivity index (χ0) is 14.2. The summed E-state index contributed by atoms with van der Waals surface area (Å²) in [5, 5.41) is 3.42. The first-order valence-electron chi connectivity index (χ1n) is 6.75. The van der Waals surface area contributed by atoms with E-state index in [4.69, 9.17) is 14.2 Å². The summed E-state index contributed by atoms with van der Waals surface area (Å²) < 4.78 is 16.3. The Morgan fingerprint density at radius 1 is 1.35 bits per heavy atom. The third-order valence-electron chi connectivity index (χ3n) is 2.99. The molecular formula is C15H21NO3S. The smallest absolute Gasteiger partial charge is 0.162 e. The van der Waals surface area contributed by atoms with Crippen LogP contribution in [-0.4, -0.2) is 32.6 Å². The molecule has 20 heavy (non-hydrogen) atoms. The van der Waals surface area contributed by atoms with E-state index in [1.807, 2.05) is 0 Å². The normalized spacial score (nSPS) is 13.1. The molecule has 0 aromatic heterocycles. The molecule has 5 heteroatoms. The second-order valence-corrected chi connectivity index (χ2v) is 5.22. The molecule has 110 valence electrons. The highest BCUT2D eigenvalue weighted by Gasteiger charge is 2.15. The first kappa shape index (κ1) is 15.1. The van der Waals surface area contributed by atoms with E-state index in [0.717, 1.165) is 31.0 Å². The van der Waals surface area contributed by atoms with Gasteiger partial charge < -0.3 is 19.5 Å². The average Bonchev–Trinajstić information content (AvgIpc) is 2.50. The molecular weight excluding hydrogens is 274 g/mol. The molecule has 1 N–H and O–H groups in total. The van der Waals surface area contributed by atoms with Crippen molar-refractivity contribution >= 4 is 11.8 Å². The molecule has 0 spiro atoms. The van der Waals surface area contributed by atoms with Crippen LogP contribution in [0.15, 0.2) is 29.9 Å². The Hall–Kier alpha value is -1.33. The molecule has 4 nitrogen and oxygen atoms in total. The van der Waals surface area contributed by atoms with Gasteiger partial charge in [0.1, 0.15) is 13.2 Å². The number of hydrogen-bond acceptors (Lipinski definition) is 5. The van der Waals surface area contributed by atoms with Crippen molar-refractivity contribution < 1.29 is 14.2 Å². The van der Waals surface area contributed by atoms with Crippen molar-refractivity contribution in [3.63, 3.8) is 0 Å². The molecule has 0 radical (unpaired) electrons. The SMILES string of the molecule is C=COCCCNCc1cc2c(cc1SC)OCCO2. The first-order chi connectivity index (χ1) is 9.85. The third-order valence-corrected chi connectivity index (χ3v) is 3.81. The van der Waals surface area contributed by atoms with Gasteiger partial charge in [0.25, 0.3) is 0 Å². The van der Waals surface area contributed by atoms with E-state index in [0.29, 0.717) is 19.8 Å². The summed E-state index contributed by atoms with van der Waals surface area (Å²) in [6, 6.07) is 4.14. The molecule has 1 aliphatic rings. The predicted octanol–water partition coefficient (Wildman–Crippen LogP) is 2.82. The second-order valence-electron chi connectivity index (χ2n) is 4.38. The summed E-state index contributed by atoms with van der Waals surface area (Å²) in [6.07, 6.45) is 4.52. The second kappa shape index (κ2) is 8.07. The molecule has 0 saturated carbocycles. The van der Waals surface area contributed by atoms with Gasteiger partial charge >= 0.3 is 0 Å². The van der Waals surface area contributed by atoms with Crippen molar-refractivity contribution in [2.45, 2.75) is 17.9 Å². The minimum absolute atomic E-state index is 0.622. The average molecular weight is 295 g/mol. The van der Waals surface area contributed by atoms with Gasteiger partial charge in [-0.1, -0.05) is 6.58 Å². The Bertz CT molecular complexity index is 451. The summed E-state index contributed by atoms with van der Waals surface area (Å²) in [6.45, 7) is 7.20. The number of ether oxygens (including phenoxy) is 3. The van der Waals surface area contributed by atoms with Gasteiger partial charge in [0.2, 0.25) is 0 Å². The molecule has 0 fully saturated rings. The molecule has 0 aliphatic carbocycles. The van der Waals surface area contributed by atoms with Crippen LogP contribution in [0.3, 0.4) is 0 Å². The van der Waals surface area contributed by atoms with E-state index in [-0.39, 0.29) is 0 Å². The zero-order valence-corrected chi connectivity index (χ0v) is 12.6. The standard InChI is InChI=1S/C15H21NO3S/c1-3-17-6-4-5-16-11-12-9-13-14(10-15(12)20-2)19-8-7-18-13/h3,9-10,16H,1,4-8,11H2,2H3. The van der Waals surface area contributed by atoms with Crippen LogP contribution >= 0.6 is 11.8 Å². The maximum absolute atomic E-state index is 5.63. The largest absolute Gasteiger partial charge is 0.502 e. The van der Waals surface area contributed by atoms with Crippen LogP contribution in [0, 0.1) is 0 Å². The minimum atomic E-state index is 0.622. The van der Waals surface area contributed by atoms with Crippen molar-refractivity contribution in [2.24, 2.45) is 0 Å². The molecule has 0 amide bonds. The lowest BCUT2D eigenvalue weighted by molar-refractivity contribution is 0.171. The van der Waals surface area contributed by atoms with Gasteiger partial charge in [-0.2, -0.15) is 0 Å². The van der Waals surface area contributed by atoms with Gasteiger partial charge in [0.15, 0.2) is 11.5 Å². The van der Waals surface area contributed by atoms with Crippen LogP contribution in [-0.2, 0) is 11.3 Å². The number of benzene rings is 1. The summed E-state index contributed by atoms with van der Waals surface area (Å²) >= 11 is 1.73. The Labute approximate surface area is 124 Å². The van der Waals surface area contributed by atoms with E-state index >= 15 is 0 Å². The van der Waals surface area contributed by atoms with Gasteiger partial charge in [0, 0.05) is 11.4 Å². The Morgan fingerprint density at radius 3 is 2.80 bits per heavy atom. The third kappa shape index (κ3) is 4.08. The molecule has 2 rings (SSSR count). The highest BCUT2D eigenvalue weighted by atomic mass is 32.2. The van der Waals surface area contributed by atoms with E-state index < -0.39 is 0 Å². The van der Waals surface area contributed by atoms with Crippen LogP contribution in [0.4, 0.5) is 0 Å². The van der Waals surface area contributed by atoms with Gasteiger partial charge in [-0.05, 0) is 36.9 Å². The number of fused-ring (bicyclic) bond motifs is 1. The van der Waals surface area contributed by atoms with Gasteiger partial charge in [0.05, 0.1) is 12.9 Å². The highest BCUT2D eigenvalue weighted by molar-refractivity contribution is 7.98. The molecule has 0 saturated heterocycles. The van der Waals surface area contributed by atoms with Crippen molar-refractivity contribution in [3.05, 3.63) is 30.5 Å². The van der Waals surface area contributed by atoms with Crippen LogP contribution in [0.1, 0.15) is 12.0 Å². The van der Waals surface area contributed by atoms with E-state index in [2.05, 4.69) is 30.3 Å². The zero-order valence-electron chi connectivity index (χ0n) is 11.8. The van der Waals surface area contributed by atoms with E-state index in [1.54, 1.807) is 11.8 Å². The number of rotatable bonds is 8. The summed E-state index contributed by atoms with van der Waals surface area (Å²) in [4.78, 5) is 1.23. The Morgan fingerprint density at radius 2 is 2.10 bits per heavy atom. The molecule has 1 heterocycles. The molecule has 0 unspecified atom stereocenters. The van der Waals surface area contributed by atoms with Crippen LogP contribution in [0.2, 0.25) is 0 Å². The maximum atomic E-state index is 5.63. The summed E-state index contributed by atoms with van der Waals surface area (Å²) in [5.41, 5.74) is 1.24. The molecule has 1 aromatic carbocycles.